The maximum absolute atomic E-state index is 6.70. The van der Waals surface area contributed by atoms with E-state index in [9.17, 15) is 0 Å². The molecule has 0 amide bonds. The first kappa shape index (κ1) is 20.7. The second-order valence-electron chi connectivity index (χ2n) is 11.3. The minimum Gasteiger partial charge on any atom is -0.353 e. The van der Waals surface area contributed by atoms with Gasteiger partial charge in [0.05, 0.1) is 13.2 Å². The molecule has 4 nitrogen and oxygen atoms in total. The molecule has 4 heteroatoms. The van der Waals surface area contributed by atoms with Crippen LogP contribution in [-0.4, -0.2) is 37.5 Å². The number of hydrogen-bond donors (Lipinski definition) is 0. The van der Waals surface area contributed by atoms with Crippen LogP contribution in [0.15, 0.2) is 11.6 Å². The molecule has 2 saturated heterocycles. The van der Waals surface area contributed by atoms with Crippen LogP contribution in [0.5, 0.6) is 0 Å². The average Bonchev–Trinajstić information content (AvgIpc) is 3.36. The Bertz CT molecular complexity index is 771. The second kappa shape index (κ2) is 7.59. The molecule has 6 aliphatic rings. The fourth-order valence-corrected chi connectivity index (χ4v) is 8.48. The zero-order valence-electron chi connectivity index (χ0n) is 19.1. The summed E-state index contributed by atoms with van der Waals surface area (Å²) < 4.78 is 24.8. The molecule has 4 aliphatic carbocycles. The highest BCUT2D eigenvalue weighted by atomic mass is 16.7. The van der Waals surface area contributed by atoms with Gasteiger partial charge in [0.15, 0.2) is 12.1 Å². The summed E-state index contributed by atoms with van der Waals surface area (Å²) in [5.41, 5.74) is 1.21. The van der Waals surface area contributed by atoms with Crippen LogP contribution in [0.1, 0.15) is 77.6 Å². The average molecular weight is 427 g/mol. The predicted octanol–water partition coefficient (Wildman–Crippen LogP) is 5.22. The van der Waals surface area contributed by atoms with Gasteiger partial charge in [0.25, 0.3) is 0 Å². The van der Waals surface area contributed by atoms with Crippen molar-refractivity contribution in [3.05, 3.63) is 11.6 Å². The van der Waals surface area contributed by atoms with Crippen LogP contribution >= 0.6 is 0 Å². The van der Waals surface area contributed by atoms with Crippen molar-refractivity contribution in [1.29, 1.82) is 0 Å². The van der Waals surface area contributed by atoms with Gasteiger partial charge in [-0.1, -0.05) is 24.5 Å². The fraction of sp³-hybridized carbons (Fsp3) is 0.852. The third kappa shape index (κ3) is 3.11. The second-order valence-corrected chi connectivity index (χ2v) is 11.3. The summed E-state index contributed by atoms with van der Waals surface area (Å²) in [7, 11) is 0. The monoisotopic (exact) mass is 426 g/mol. The molecule has 1 spiro atoms. The van der Waals surface area contributed by atoms with Gasteiger partial charge in [-0.2, -0.15) is 0 Å². The van der Waals surface area contributed by atoms with Gasteiger partial charge in [-0.15, -0.1) is 6.42 Å². The number of hydrogen-bond acceptors (Lipinski definition) is 4. The van der Waals surface area contributed by atoms with E-state index in [1.165, 1.54) is 38.5 Å². The zero-order valence-corrected chi connectivity index (χ0v) is 19.1. The summed E-state index contributed by atoms with van der Waals surface area (Å²) in [6.07, 6.45) is 21.1. The van der Waals surface area contributed by atoms with Crippen LogP contribution in [0, 0.1) is 41.4 Å². The van der Waals surface area contributed by atoms with Crippen molar-refractivity contribution >= 4 is 0 Å². The number of rotatable bonds is 2. The van der Waals surface area contributed by atoms with Crippen molar-refractivity contribution in [1.82, 2.24) is 0 Å². The van der Waals surface area contributed by atoms with E-state index < -0.39 is 5.60 Å². The van der Waals surface area contributed by atoms with Gasteiger partial charge in [-0.05, 0) is 81.5 Å². The Kier molecular flexibility index (Phi) is 5.07. The van der Waals surface area contributed by atoms with Crippen molar-refractivity contribution in [2.75, 3.05) is 19.8 Å². The minimum absolute atomic E-state index is 0.0582. The molecule has 2 heterocycles. The highest BCUT2D eigenvalue weighted by molar-refractivity contribution is 5.27. The van der Waals surface area contributed by atoms with E-state index in [1.807, 2.05) is 0 Å². The van der Waals surface area contributed by atoms with Crippen molar-refractivity contribution in [3.8, 4) is 12.3 Å². The molecule has 170 valence electrons. The first-order valence-electron chi connectivity index (χ1n) is 12.8. The van der Waals surface area contributed by atoms with Crippen LogP contribution in [-0.2, 0) is 18.9 Å². The van der Waals surface area contributed by atoms with Gasteiger partial charge >= 0.3 is 0 Å². The third-order valence-corrected chi connectivity index (χ3v) is 10.1. The predicted molar refractivity (Wildman–Crippen MR) is 118 cm³/mol. The molecular formula is C27H38O4. The Balaban J connectivity index is 1.23. The van der Waals surface area contributed by atoms with E-state index in [2.05, 4.69) is 18.9 Å². The van der Waals surface area contributed by atoms with E-state index in [-0.39, 0.29) is 17.5 Å². The molecule has 3 saturated carbocycles. The summed E-state index contributed by atoms with van der Waals surface area (Å²) in [6, 6.07) is 0. The lowest BCUT2D eigenvalue weighted by molar-refractivity contribution is -0.240. The highest BCUT2D eigenvalue weighted by Gasteiger charge is 2.64. The first-order chi connectivity index (χ1) is 15.1. The van der Waals surface area contributed by atoms with Crippen LogP contribution in [0.4, 0.5) is 0 Å². The summed E-state index contributed by atoms with van der Waals surface area (Å²) >= 11 is 0. The van der Waals surface area contributed by atoms with Gasteiger partial charge < -0.3 is 18.9 Å². The van der Waals surface area contributed by atoms with Gasteiger partial charge in [0.2, 0.25) is 0 Å². The summed E-state index contributed by atoms with van der Waals surface area (Å²) in [5, 5.41) is 0. The molecule has 0 radical (unpaired) electrons. The van der Waals surface area contributed by atoms with Crippen molar-refractivity contribution in [2.45, 2.75) is 95.2 Å². The molecule has 7 atom stereocenters. The van der Waals surface area contributed by atoms with E-state index in [4.69, 9.17) is 25.4 Å². The molecule has 0 aromatic rings. The van der Waals surface area contributed by atoms with Crippen LogP contribution in [0.25, 0.3) is 0 Å². The number of fused-ring (bicyclic) bond motifs is 5. The number of terminal acetylenes is 1. The Morgan fingerprint density at radius 2 is 1.87 bits per heavy atom. The summed E-state index contributed by atoms with van der Waals surface area (Å²) in [6.45, 7) is 4.76. The molecule has 0 aromatic carbocycles. The van der Waals surface area contributed by atoms with E-state index in [0.717, 1.165) is 63.8 Å². The van der Waals surface area contributed by atoms with Gasteiger partial charge in [-0.3, -0.25) is 0 Å². The van der Waals surface area contributed by atoms with Crippen molar-refractivity contribution in [3.63, 3.8) is 0 Å². The molecule has 6 rings (SSSR count). The largest absolute Gasteiger partial charge is 0.353 e. The van der Waals surface area contributed by atoms with E-state index in [1.54, 1.807) is 5.57 Å². The van der Waals surface area contributed by atoms with E-state index in [0.29, 0.717) is 11.8 Å². The molecule has 2 aliphatic heterocycles. The zero-order chi connectivity index (χ0) is 21.1. The van der Waals surface area contributed by atoms with Crippen LogP contribution in [0.3, 0.4) is 0 Å². The lowest BCUT2D eigenvalue weighted by Crippen LogP contribution is -2.54. The molecule has 0 aromatic heterocycles. The van der Waals surface area contributed by atoms with Crippen LogP contribution in [0.2, 0.25) is 0 Å². The molecule has 0 N–H and O–H groups in total. The Hall–Kier alpha value is -0.860. The maximum atomic E-state index is 6.70. The highest BCUT2D eigenvalue weighted by Crippen LogP contribution is 2.66. The van der Waals surface area contributed by atoms with Gasteiger partial charge in [0.1, 0.15) is 5.60 Å². The summed E-state index contributed by atoms with van der Waals surface area (Å²) in [5.74, 6) is 5.78. The topological polar surface area (TPSA) is 36.9 Å². The lowest BCUT2D eigenvalue weighted by Gasteiger charge is -2.56. The standard InChI is InChI=1S/C27H38O4/c1-3-26(31-24-6-4-5-15-28-24)13-11-23-22-8-7-19-18-27(29-16-17-30-27)14-10-20(19)21(22)9-12-25(23,26)2/h1,7,20-24H,4-6,8-18H2,2H3/t20-,21+,22+,23-,24?,25-,26-/m0/s1. The number of allylic oxidation sites excluding steroid dienone is 1. The molecular weight excluding hydrogens is 388 g/mol. The Morgan fingerprint density at radius 3 is 2.65 bits per heavy atom. The minimum atomic E-state index is -0.462. The fourth-order valence-electron chi connectivity index (χ4n) is 8.48. The number of ether oxygens (including phenoxy) is 4. The quantitative estimate of drug-likeness (QED) is 0.448. The first-order valence-corrected chi connectivity index (χ1v) is 12.8. The van der Waals surface area contributed by atoms with Gasteiger partial charge in [0, 0.05) is 24.9 Å². The van der Waals surface area contributed by atoms with Crippen molar-refractivity contribution in [2.24, 2.45) is 29.1 Å². The molecule has 5 fully saturated rings. The van der Waals surface area contributed by atoms with Gasteiger partial charge in [-0.25, -0.2) is 0 Å². The van der Waals surface area contributed by atoms with Crippen molar-refractivity contribution < 1.29 is 18.9 Å². The maximum Gasteiger partial charge on any atom is 0.172 e. The molecule has 1 unspecified atom stereocenters. The normalized spacial score (nSPS) is 48.4. The lowest BCUT2D eigenvalue weighted by atomic mass is 9.51. The SMILES string of the molecule is C#C[C@]1(OC2CCCCO2)CC[C@H]2[C@@H]3CC=C4CC5(CC[C@@H]4[C@H]3CC[C@@]21C)OCCO5. The van der Waals surface area contributed by atoms with Crippen LogP contribution < -0.4 is 0 Å². The molecule has 31 heavy (non-hydrogen) atoms. The summed E-state index contributed by atoms with van der Waals surface area (Å²) in [4.78, 5) is 0. The third-order valence-electron chi connectivity index (χ3n) is 10.1. The van der Waals surface area contributed by atoms with E-state index >= 15 is 0 Å². The Morgan fingerprint density at radius 1 is 1.00 bits per heavy atom. The Labute approximate surface area is 187 Å². The smallest absolute Gasteiger partial charge is 0.172 e. The molecule has 0 bridgehead atoms.